The fourth-order valence-electron chi connectivity index (χ4n) is 1.61. The van der Waals surface area contributed by atoms with Gasteiger partial charge in [0.05, 0.1) is 5.56 Å². The molecule has 0 saturated heterocycles. The molecule has 1 amide bonds. The zero-order valence-electron chi connectivity index (χ0n) is 10.4. The van der Waals surface area contributed by atoms with E-state index >= 15 is 0 Å². The summed E-state index contributed by atoms with van der Waals surface area (Å²) in [4.78, 5) is 13.2. The van der Waals surface area contributed by atoms with Crippen LogP contribution in [0.1, 0.15) is 10.4 Å². The summed E-state index contributed by atoms with van der Waals surface area (Å²) < 4.78 is 0. The molecule has 2 rings (SSSR count). The molecule has 0 radical (unpaired) electrons. The molecular formula is C14H14N2O2S. The van der Waals surface area contributed by atoms with Crippen LogP contribution in [0, 0.1) is 0 Å². The maximum Gasteiger partial charge on any atom is 0.257 e. The van der Waals surface area contributed by atoms with Crippen molar-refractivity contribution in [3.63, 3.8) is 0 Å². The fraction of sp³-hybridized carbons (Fsp3) is 0.0714. The van der Waals surface area contributed by atoms with Crippen LogP contribution in [0.15, 0.2) is 47.4 Å². The lowest BCUT2D eigenvalue weighted by Crippen LogP contribution is -2.13. The average Bonchev–Trinajstić information content (AvgIpc) is 2.42. The van der Waals surface area contributed by atoms with E-state index in [1.165, 1.54) is 18.2 Å². The van der Waals surface area contributed by atoms with Crippen molar-refractivity contribution in [2.24, 2.45) is 0 Å². The highest BCUT2D eigenvalue weighted by Gasteiger charge is 2.10. The smallest absolute Gasteiger partial charge is 0.257 e. The zero-order valence-corrected chi connectivity index (χ0v) is 11.2. The van der Waals surface area contributed by atoms with Crippen LogP contribution in [-0.2, 0) is 0 Å². The number of nitrogens with two attached hydrogens (primary N) is 1. The molecule has 0 bridgehead atoms. The summed E-state index contributed by atoms with van der Waals surface area (Å²) in [6.45, 7) is 0. The van der Waals surface area contributed by atoms with Gasteiger partial charge in [-0.05, 0) is 48.7 Å². The fourth-order valence-corrected chi connectivity index (χ4v) is 2.02. The molecule has 0 spiro atoms. The van der Waals surface area contributed by atoms with E-state index in [1.807, 2.05) is 30.5 Å². The molecule has 2 aromatic rings. The van der Waals surface area contributed by atoms with Crippen molar-refractivity contribution in [1.29, 1.82) is 0 Å². The molecule has 19 heavy (non-hydrogen) atoms. The maximum atomic E-state index is 12.0. The predicted molar refractivity (Wildman–Crippen MR) is 78.7 cm³/mol. The Morgan fingerprint density at radius 2 is 1.89 bits per heavy atom. The summed E-state index contributed by atoms with van der Waals surface area (Å²) in [5, 5.41) is 12.1. The lowest BCUT2D eigenvalue weighted by atomic mass is 10.1. The van der Waals surface area contributed by atoms with Gasteiger partial charge in [-0.25, -0.2) is 0 Å². The number of hydrogen-bond donors (Lipinski definition) is 3. The topological polar surface area (TPSA) is 75.3 Å². The zero-order chi connectivity index (χ0) is 13.8. The number of hydrogen-bond acceptors (Lipinski definition) is 4. The minimum Gasteiger partial charge on any atom is -0.508 e. The van der Waals surface area contributed by atoms with E-state index in [0.29, 0.717) is 11.4 Å². The molecule has 0 unspecified atom stereocenters. The van der Waals surface area contributed by atoms with Gasteiger partial charge in [-0.3, -0.25) is 4.79 Å². The number of phenolic OH excluding ortho intramolecular Hbond substituents is 1. The van der Waals surface area contributed by atoms with Crippen molar-refractivity contribution < 1.29 is 9.90 Å². The van der Waals surface area contributed by atoms with E-state index in [0.717, 1.165) is 4.90 Å². The molecule has 5 heteroatoms. The first-order valence-electron chi connectivity index (χ1n) is 5.64. The third kappa shape index (κ3) is 3.20. The van der Waals surface area contributed by atoms with E-state index in [4.69, 9.17) is 5.73 Å². The van der Waals surface area contributed by atoms with Crippen LogP contribution in [0.5, 0.6) is 5.75 Å². The Bertz CT molecular complexity index is 597. The number of anilines is 2. The standard InChI is InChI=1S/C14H14N2O2S/c1-19-11-5-2-9(3-6-11)16-14(18)12-8-10(17)4-7-13(12)15/h2-8,17H,15H2,1H3,(H,16,18). The van der Waals surface area contributed by atoms with Crippen molar-refractivity contribution in [3.8, 4) is 5.75 Å². The molecule has 2 aromatic carbocycles. The van der Waals surface area contributed by atoms with Gasteiger partial charge in [0, 0.05) is 16.3 Å². The Balaban J connectivity index is 2.18. The van der Waals surface area contributed by atoms with Crippen LogP contribution >= 0.6 is 11.8 Å². The number of amides is 1. The predicted octanol–water partition coefficient (Wildman–Crippen LogP) is 2.95. The monoisotopic (exact) mass is 274 g/mol. The van der Waals surface area contributed by atoms with Crippen molar-refractivity contribution in [1.82, 2.24) is 0 Å². The third-order valence-electron chi connectivity index (χ3n) is 2.63. The summed E-state index contributed by atoms with van der Waals surface area (Å²) in [5.74, 6) is -0.331. The minimum absolute atomic E-state index is 0.0112. The van der Waals surface area contributed by atoms with Crippen molar-refractivity contribution in [3.05, 3.63) is 48.0 Å². The highest BCUT2D eigenvalue weighted by Crippen LogP contribution is 2.21. The number of nitrogens with one attached hydrogen (secondary N) is 1. The largest absolute Gasteiger partial charge is 0.508 e. The SMILES string of the molecule is CSc1ccc(NC(=O)c2cc(O)ccc2N)cc1. The van der Waals surface area contributed by atoms with Crippen LogP contribution in [0.2, 0.25) is 0 Å². The lowest BCUT2D eigenvalue weighted by Gasteiger charge is -2.08. The highest BCUT2D eigenvalue weighted by atomic mass is 32.2. The Hall–Kier alpha value is -2.14. The Labute approximate surface area is 115 Å². The van der Waals surface area contributed by atoms with Crippen LogP contribution in [-0.4, -0.2) is 17.3 Å². The second-order valence-electron chi connectivity index (χ2n) is 3.95. The molecule has 0 aliphatic heterocycles. The number of carbonyl (C=O) groups excluding carboxylic acids is 1. The Morgan fingerprint density at radius 1 is 1.21 bits per heavy atom. The van der Waals surface area contributed by atoms with Gasteiger partial charge in [-0.2, -0.15) is 0 Å². The molecule has 98 valence electrons. The molecule has 0 heterocycles. The first kappa shape index (κ1) is 13.3. The summed E-state index contributed by atoms with van der Waals surface area (Å²) in [6, 6.07) is 11.8. The van der Waals surface area contributed by atoms with E-state index in [1.54, 1.807) is 11.8 Å². The third-order valence-corrected chi connectivity index (χ3v) is 3.37. The number of aromatic hydroxyl groups is 1. The van der Waals surface area contributed by atoms with Crippen LogP contribution < -0.4 is 11.1 Å². The van der Waals surface area contributed by atoms with Crippen LogP contribution in [0.4, 0.5) is 11.4 Å². The van der Waals surface area contributed by atoms with E-state index in [2.05, 4.69) is 5.32 Å². The van der Waals surface area contributed by atoms with Crippen molar-refractivity contribution >= 4 is 29.0 Å². The van der Waals surface area contributed by atoms with Gasteiger partial charge in [-0.1, -0.05) is 0 Å². The normalized spacial score (nSPS) is 10.2. The van der Waals surface area contributed by atoms with Gasteiger partial charge in [0.15, 0.2) is 0 Å². The second-order valence-corrected chi connectivity index (χ2v) is 4.83. The summed E-state index contributed by atoms with van der Waals surface area (Å²) in [6.07, 6.45) is 1.99. The molecular weight excluding hydrogens is 260 g/mol. The van der Waals surface area contributed by atoms with Gasteiger partial charge in [0.2, 0.25) is 0 Å². The summed E-state index contributed by atoms with van der Waals surface area (Å²) in [7, 11) is 0. The van der Waals surface area contributed by atoms with Gasteiger partial charge in [0.1, 0.15) is 5.75 Å². The molecule has 0 atom stereocenters. The Kier molecular flexibility index (Phi) is 3.97. The van der Waals surface area contributed by atoms with Crippen LogP contribution in [0.25, 0.3) is 0 Å². The number of thioether (sulfide) groups is 1. The van der Waals surface area contributed by atoms with Gasteiger partial charge in [-0.15, -0.1) is 11.8 Å². The molecule has 0 fully saturated rings. The Morgan fingerprint density at radius 3 is 2.53 bits per heavy atom. The molecule has 0 aliphatic rings. The first-order valence-corrected chi connectivity index (χ1v) is 6.86. The molecule has 0 saturated carbocycles. The minimum atomic E-state index is -0.342. The second kappa shape index (κ2) is 5.67. The number of nitrogen functional groups attached to an aromatic ring is 1. The quantitative estimate of drug-likeness (QED) is 0.457. The van der Waals surface area contributed by atoms with E-state index < -0.39 is 0 Å². The molecule has 0 aromatic heterocycles. The molecule has 0 aliphatic carbocycles. The summed E-state index contributed by atoms with van der Waals surface area (Å²) >= 11 is 1.63. The number of rotatable bonds is 3. The maximum absolute atomic E-state index is 12.0. The molecule has 4 nitrogen and oxygen atoms in total. The van der Waals surface area contributed by atoms with Gasteiger partial charge >= 0.3 is 0 Å². The number of benzene rings is 2. The van der Waals surface area contributed by atoms with Gasteiger partial charge < -0.3 is 16.2 Å². The van der Waals surface area contributed by atoms with Crippen molar-refractivity contribution in [2.45, 2.75) is 4.90 Å². The van der Waals surface area contributed by atoms with Gasteiger partial charge in [0.25, 0.3) is 5.91 Å². The average molecular weight is 274 g/mol. The number of carbonyl (C=O) groups is 1. The van der Waals surface area contributed by atoms with E-state index in [9.17, 15) is 9.90 Å². The lowest BCUT2D eigenvalue weighted by molar-refractivity contribution is 0.102. The molecule has 4 N–H and O–H groups in total. The van der Waals surface area contributed by atoms with E-state index in [-0.39, 0.29) is 17.2 Å². The summed E-state index contributed by atoms with van der Waals surface area (Å²) in [5.41, 5.74) is 6.99. The number of phenols is 1. The first-order chi connectivity index (χ1) is 9.10. The van der Waals surface area contributed by atoms with Crippen molar-refractivity contribution in [2.75, 3.05) is 17.3 Å². The van der Waals surface area contributed by atoms with Crippen LogP contribution in [0.3, 0.4) is 0 Å². The highest BCUT2D eigenvalue weighted by molar-refractivity contribution is 7.98.